The van der Waals surface area contributed by atoms with E-state index in [0.717, 1.165) is 11.4 Å². The second-order valence-electron chi connectivity index (χ2n) is 4.37. The Labute approximate surface area is 101 Å². The summed E-state index contributed by atoms with van der Waals surface area (Å²) in [5, 5.41) is 0. The number of benzene rings is 1. The van der Waals surface area contributed by atoms with Crippen LogP contribution in [0.25, 0.3) is 5.69 Å². The van der Waals surface area contributed by atoms with Crippen LogP contribution in [0.5, 0.6) is 0 Å². The Morgan fingerprint density at radius 2 is 1.76 bits per heavy atom. The number of nitrogens with two attached hydrogens (primary N) is 1. The lowest BCUT2D eigenvalue weighted by Crippen LogP contribution is -2.13. The Morgan fingerprint density at radius 1 is 1.06 bits per heavy atom. The molecule has 0 bridgehead atoms. The van der Waals surface area contributed by atoms with Gasteiger partial charge in [0.1, 0.15) is 0 Å². The third-order valence-corrected chi connectivity index (χ3v) is 3.04. The normalized spacial score (nSPS) is 10.5. The van der Waals surface area contributed by atoms with E-state index in [1.54, 1.807) is 12.3 Å². The number of hydrogen-bond acceptors (Lipinski definition) is 2. The van der Waals surface area contributed by atoms with Gasteiger partial charge in [-0.3, -0.25) is 4.79 Å². The van der Waals surface area contributed by atoms with Crippen molar-refractivity contribution in [1.82, 2.24) is 4.57 Å². The van der Waals surface area contributed by atoms with Crippen LogP contribution in [0.1, 0.15) is 16.8 Å². The molecule has 1 aromatic heterocycles. The van der Waals surface area contributed by atoms with Gasteiger partial charge in [-0.05, 0) is 44.0 Å². The molecule has 1 aromatic carbocycles. The van der Waals surface area contributed by atoms with Gasteiger partial charge in [-0.15, -0.1) is 0 Å². The second-order valence-corrected chi connectivity index (χ2v) is 4.37. The van der Waals surface area contributed by atoms with E-state index in [1.807, 2.05) is 17.6 Å². The molecule has 17 heavy (non-hydrogen) atoms. The molecule has 3 heteroatoms. The first-order valence-electron chi connectivity index (χ1n) is 5.55. The van der Waals surface area contributed by atoms with Crippen molar-refractivity contribution >= 4 is 5.69 Å². The minimum atomic E-state index is -0.123. The van der Waals surface area contributed by atoms with Gasteiger partial charge in [-0.2, -0.15) is 0 Å². The molecule has 0 radical (unpaired) electrons. The number of rotatable bonds is 1. The second kappa shape index (κ2) is 4.09. The van der Waals surface area contributed by atoms with E-state index < -0.39 is 0 Å². The standard InChI is InChI=1S/C14H16N2O/c1-9-4-5-12(6-10(9)2)16-8-13(15)14(17)7-11(16)3/h4-8H,15H2,1-3H3. The average molecular weight is 228 g/mol. The van der Waals surface area contributed by atoms with Crippen LogP contribution in [-0.2, 0) is 0 Å². The lowest BCUT2D eigenvalue weighted by Gasteiger charge is -2.13. The van der Waals surface area contributed by atoms with Crippen LogP contribution < -0.4 is 11.2 Å². The molecule has 88 valence electrons. The molecule has 0 aliphatic heterocycles. The van der Waals surface area contributed by atoms with Gasteiger partial charge in [-0.1, -0.05) is 6.07 Å². The van der Waals surface area contributed by atoms with Crippen molar-refractivity contribution < 1.29 is 0 Å². The molecule has 0 saturated heterocycles. The summed E-state index contributed by atoms with van der Waals surface area (Å²) in [6.45, 7) is 6.04. The van der Waals surface area contributed by atoms with Gasteiger partial charge < -0.3 is 10.3 Å². The monoisotopic (exact) mass is 228 g/mol. The summed E-state index contributed by atoms with van der Waals surface area (Å²) in [6, 6.07) is 7.74. The zero-order chi connectivity index (χ0) is 12.6. The molecule has 2 rings (SSSR count). The number of aromatic nitrogens is 1. The van der Waals surface area contributed by atoms with Crippen molar-refractivity contribution in [2.45, 2.75) is 20.8 Å². The average Bonchev–Trinajstić information content (AvgIpc) is 2.27. The maximum atomic E-state index is 11.4. The van der Waals surface area contributed by atoms with Crippen LogP contribution in [0.3, 0.4) is 0 Å². The zero-order valence-electron chi connectivity index (χ0n) is 10.3. The number of nitrogen functional groups attached to an aromatic ring is 1. The van der Waals surface area contributed by atoms with Gasteiger partial charge >= 0.3 is 0 Å². The van der Waals surface area contributed by atoms with Crippen LogP contribution in [0.2, 0.25) is 0 Å². The van der Waals surface area contributed by atoms with Gasteiger partial charge in [0.25, 0.3) is 0 Å². The number of nitrogens with zero attached hydrogens (tertiary/aromatic N) is 1. The Morgan fingerprint density at radius 3 is 2.41 bits per heavy atom. The highest BCUT2D eigenvalue weighted by Crippen LogP contribution is 2.16. The van der Waals surface area contributed by atoms with Gasteiger partial charge in [0.15, 0.2) is 0 Å². The van der Waals surface area contributed by atoms with E-state index in [4.69, 9.17) is 5.73 Å². The van der Waals surface area contributed by atoms with Crippen molar-refractivity contribution in [2.24, 2.45) is 0 Å². The molecule has 0 spiro atoms. The summed E-state index contributed by atoms with van der Waals surface area (Å²) in [5.41, 5.74) is 10.2. The molecule has 0 aliphatic rings. The number of anilines is 1. The first-order valence-corrected chi connectivity index (χ1v) is 5.55. The Hall–Kier alpha value is -2.03. The molecular weight excluding hydrogens is 212 g/mol. The summed E-state index contributed by atoms with van der Waals surface area (Å²) in [6.07, 6.45) is 1.68. The fourth-order valence-electron chi connectivity index (χ4n) is 1.80. The molecule has 0 amide bonds. The SMILES string of the molecule is Cc1ccc(-n2cc(N)c(=O)cc2C)cc1C. The highest BCUT2D eigenvalue weighted by Gasteiger charge is 2.04. The summed E-state index contributed by atoms with van der Waals surface area (Å²) in [7, 11) is 0. The van der Waals surface area contributed by atoms with Gasteiger partial charge in [0, 0.05) is 23.6 Å². The summed E-state index contributed by atoms with van der Waals surface area (Å²) in [4.78, 5) is 11.4. The maximum absolute atomic E-state index is 11.4. The van der Waals surface area contributed by atoms with Crippen molar-refractivity contribution in [2.75, 3.05) is 5.73 Å². The molecule has 2 aromatic rings. The van der Waals surface area contributed by atoms with Crippen molar-refractivity contribution in [3.63, 3.8) is 0 Å². The van der Waals surface area contributed by atoms with Crippen molar-refractivity contribution in [3.8, 4) is 5.69 Å². The largest absolute Gasteiger partial charge is 0.394 e. The summed E-state index contributed by atoms with van der Waals surface area (Å²) in [5.74, 6) is 0. The van der Waals surface area contributed by atoms with E-state index >= 15 is 0 Å². The van der Waals surface area contributed by atoms with Crippen molar-refractivity contribution in [1.29, 1.82) is 0 Å². The summed E-state index contributed by atoms with van der Waals surface area (Å²) >= 11 is 0. The highest BCUT2D eigenvalue weighted by molar-refractivity contribution is 5.45. The third-order valence-electron chi connectivity index (χ3n) is 3.04. The number of hydrogen-bond donors (Lipinski definition) is 1. The Bertz CT molecular complexity index is 627. The molecule has 3 nitrogen and oxygen atoms in total. The van der Waals surface area contributed by atoms with Gasteiger partial charge in [0.2, 0.25) is 5.43 Å². The third kappa shape index (κ3) is 2.09. The number of aryl methyl sites for hydroxylation is 3. The number of pyridine rings is 1. The highest BCUT2D eigenvalue weighted by atomic mass is 16.1. The topological polar surface area (TPSA) is 48.0 Å². The van der Waals surface area contributed by atoms with E-state index in [1.165, 1.54) is 11.1 Å². The molecule has 1 heterocycles. The van der Waals surface area contributed by atoms with Crippen LogP contribution >= 0.6 is 0 Å². The fourth-order valence-corrected chi connectivity index (χ4v) is 1.80. The molecule has 0 saturated carbocycles. The predicted molar refractivity (Wildman–Crippen MR) is 70.7 cm³/mol. The fraction of sp³-hybridized carbons (Fsp3) is 0.214. The van der Waals surface area contributed by atoms with E-state index in [-0.39, 0.29) is 11.1 Å². The van der Waals surface area contributed by atoms with E-state index in [9.17, 15) is 4.79 Å². The quantitative estimate of drug-likeness (QED) is 0.814. The van der Waals surface area contributed by atoms with E-state index in [0.29, 0.717) is 0 Å². The molecule has 2 N–H and O–H groups in total. The van der Waals surface area contributed by atoms with Crippen LogP contribution in [0.15, 0.2) is 35.3 Å². The maximum Gasteiger partial charge on any atom is 0.204 e. The first kappa shape index (κ1) is 11.5. The first-order chi connectivity index (χ1) is 7.99. The van der Waals surface area contributed by atoms with Gasteiger partial charge in [-0.25, -0.2) is 0 Å². The molecule has 0 atom stereocenters. The predicted octanol–water partition coefficient (Wildman–Crippen LogP) is 2.34. The Balaban J connectivity index is 2.64. The zero-order valence-corrected chi connectivity index (χ0v) is 10.3. The van der Waals surface area contributed by atoms with E-state index in [2.05, 4.69) is 26.0 Å². The minimum Gasteiger partial charge on any atom is -0.394 e. The Kier molecular flexibility index (Phi) is 2.76. The summed E-state index contributed by atoms with van der Waals surface area (Å²) < 4.78 is 1.93. The molecule has 0 aliphatic carbocycles. The lowest BCUT2D eigenvalue weighted by molar-refractivity contribution is 0.973. The van der Waals surface area contributed by atoms with Crippen molar-refractivity contribution in [3.05, 3.63) is 57.5 Å². The van der Waals surface area contributed by atoms with Crippen LogP contribution in [0.4, 0.5) is 5.69 Å². The minimum absolute atomic E-state index is 0.123. The molecule has 0 fully saturated rings. The van der Waals surface area contributed by atoms with Crippen LogP contribution in [-0.4, -0.2) is 4.57 Å². The lowest BCUT2D eigenvalue weighted by atomic mass is 10.1. The molecule has 0 unspecified atom stereocenters. The smallest absolute Gasteiger partial charge is 0.204 e. The molecular formula is C14H16N2O. The van der Waals surface area contributed by atoms with Crippen LogP contribution in [0, 0.1) is 20.8 Å². The van der Waals surface area contributed by atoms with Gasteiger partial charge in [0.05, 0.1) is 5.69 Å².